The van der Waals surface area contributed by atoms with E-state index in [1.807, 2.05) is 6.92 Å². The summed E-state index contributed by atoms with van der Waals surface area (Å²) in [7, 11) is 1.49. The zero-order valence-corrected chi connectivity index (χ0v) is 10.5. The number of likely N-dealkylation sites (N-methyl/N-ethyl adjacent to an activating group) is 1. The van der Waals surface area contributed by atoms with Gasteiger partial charge in [0.25, 0.3) is 5.91 Å². The van der Waals surface area contributed by atoms with Crippen LogP contribution in [-0.4, -0.2) is 46.9 Å². The summed E-state index contributed by atoms with van der Waals surface area (Å²) in [5, 5.41) is 12.2. The maximum atomic E-state index is 11.9. The lowest BCUT2D eigenvalue weighted by atomic mass is 10.3. The van der Waals surface area contributed by atoms with Crippen LogP contribution in [0, 0.1) is 0 Å². The molecular weight excluding hydrogens is 234 g/mol. The zero-order valence-electron chi connectivity index (χ0n) is 10.5. The molecule has 0 aromatic carbocycles. The van der Waals surface area contributed by atoms with Gasteiger partial charge in [0.15, 0.2) is 5.69 Å². The lowest BCUT2D eigenvalue weighted by Crippen LogP contribution is -2.38. The Morgan fingerprint density at radius 1 is 1.50 bits per heavy atom. The molecule has 0 spiro atoms. The number of nitrogens with one attached hydrogen (secondary N) is 1. The standard InChI is InChI=1S/C12H17N3O3/c1-3-6-13-10(17)8-15(2)12(18)11-9(16)5-4-7-14-11/h4-5,7,16H,3,6,8H2,1-2H3,(H,13,17). The van der Waals surface area contributed by atoms with Gasteiger partial charge in [0.1, 0.15) is 5.75 Å². The molecule has 2 N–H and O–H groups in total. The smallest absolute Gasteiger partial charge is 0.276 e. The molecule has 2 amide bonds. The number of amides is 2. The van der Waals surface area contributed by atoms with Crippen LogP contribution in [0.5, 0.6) is 5.75 Å². The predicted octanol–water partition coefficient (Wildman–Crippen LogP) is 0.385. The van der Waals surface area contributed by atoms with Crippen molar-refractivity contribution < 1.29 is 14.7 Å². The molecule has 0 saturated carbocycles. The summed E-state index contributed by atoms with van der Waals surface area (Å²) in [6.07, 6.45) is 2.25. The highest BCUT2D eigenvalue weighted by molar-refractivity contribution is 5.96. The molecular formula is C12H17N3O3. The summed E-state index contributed by atoms with van der Waals surface area (Å²) in [4.78, 5) is 28.4. The topological polar surface area (TPSA) is 82.5 Å². The quantitative estimate of drug-likeness (QED) is 0.792. The Hall–Kier alpha value is -2.11. The molecule has 0 bridgehead atoms. The summed E-state index contributed by atoms with van der Waals surface area (Å²) in [5.41, 5.74) is -0.0525. The largest absolute Gasteiger partial charge is 0.505 e. The first kappa shape index (κ1) is 14.0. The Labute approximate surface area is 106 Å². The molecule has 6 nitrogen and oxygen atoms in total. The Kier molecular flexibility index (Phi) is 5.10. The minimum atomic E-state index is -0.486. The molecule has 1 aromatic rings. The van der Waals surface area contributed by atoms with Crippen molar-refractivity contribution in [3.8, 4) is 5.75 Å². The van der Waals surface area contributed by atoms with Crippen molar-refractivity contribution in [2.45, 2.75) is 13.3 Å². The molecule has 1 aromatic heterocycles. The highest BCUT2D eigenvalue weighted by Crippen LogP contribution is 2.14. The van der Waals surface area contributed by atoms with Gasteiger partial charge in [0, 0.05) is 19.8 Å². The number of aromatic nitrogens is 1. The number of hydrogen-bond donors (Lipinski definition) is 2. The van der Waals surface area contributed by atoms with Crippen LogP contribution in [0.15, 0.2) is 18.3 Å². The molecule has 0 atom stereocenters. The van der Waals surface area contributed by atoms with E-state index in [0.717, 1.165) is 6.42 Å². The van der Waals surface area contributed by atoms with Crippen molar-refractivity contribution in [2.24, 2.45) is 0 Å². The second-order valence-corrected chi connectivity index (χ2v) is 3.88. The van der Waals surface area contributed by atoms with Crippen molar-refractivity contribution in [1.82, 2.24) is 15.2 Å². The van der Waals surface area contributed by atoms with Crippen LogP contribution in [0.1, 0.15) is 23.8 Å². The maximum absolute atomic E-state index is 11.9. The van der Waals surface area contributed by atoms with Crippen LogP contribution >= 0.6 is 0 Å². The second-order valence-electron chi connectivity index (χ2n) is 3.88. The molecule has 0 aliphatic carbocycles. The number of nitrogens with zero attached hydrogens (tertiary/aromatic N) is 2. The molecule has 1 rings (SSSR count). The van der Waals surface area contributed by atoms with E-state index in [-0.39, 0.29) is 23.9 Å². The average molecular weight is 251 g/mol. The first-order chi connectivity index (χ1) is 8.56. The minimum Gasteiger partial charge on any atom is -0.505 e. The molecule has 0 unspecified atom stereocenters. The van der Waals surface area contributed by atoms with Crippen LogP contribution in [0.25, 0.3) is 0 Å². The van der Waals surface area contributed by atoms with E-state index >= 15 is 0 Å². The van der Waals surface area contributed by atoms with Gasteiger partial charge in [-0.05, 0) is 18.6 Å². The fraction of sp³-hybridized carbons (Fsp3) is 0.417. The summed E-state index contributed by atoms with van der Waals surface area (Å²) < 4.78 is 0. The van der Waals surface area contributed by atoms with Crippen LogP contribution in [0.2, 0.25) is 0 Å². The lowest BCUT2D eigenvalue weighted by molar-refractivity contribution is -0.121. The second kappa shape index (κ2) is 6.58. The van der Waals surface area contributed by atoms with Gasteiger partial charge in [0.05, 0.1) is 6.54 Å². The van der Waals surface area contributed by atoms with Gasteiger partial charge in [-0.15, -0.1) is 0 Å². The van der Waals surface area contributed by atoms with Gasteiger partial charge in [-0.1, -0.05) is 6.92 Å². The molecule has 18 heavy (non-hydrogen) atoms. The Balaban J connectivity index is 2.62. The summed E-state index contributed by atoms with van der Waals surface area (Å²) in [6, 6.07) is 2.91. The number of pyridine rings is 1. The van der Waals surface area contributed by atoms with Crippen LogP contribution in [0.3, 0.4) is 0 Å². The fourth-order valence-electron chi connectivity index (χ4n) is 1.35. The molecule has 1 heterocycles. The normalized spacial score (nSPS) is 9.89. The van der Waals surface area contributed by atoms with Gasteiger partial charge in [-0.3, -0.25) is 9.59 Å². The SMILES string of the molecule is CCCNC(=O)CN(C)C(=O)c1ncccc1O. The summed E-state index contributed by atoms with van der Waals surface area (Å²) in [5.74, 6) is -0.911. The fourth-order valence-corrected chi connectivity index (χ4v) is 1.35. The maximum Gasteiger partial charge on any atom is 0.276 e. The average Bonchev–Trinajstić information content (AvgIpc) is 2.36. The van der Waals surface area contributed by atoms with Crippen molar-refractivity contribution in [3.63, 3.8) is 0 Å². The Morgan fingerprint density at radius 3 is 2.83 bits per heavy atom. The number of aromatic hydroxyl groups is 1. The highest BCUT2D eigenvalue weighted by Gasteiger charge is 2.18. The van der Waals surface area contributed by atoms with E-state index in [0.29, 0.717) is 6.54 Å². The van der Waals surface area contributed by atoms with Gasteiger partial charge >= 0.3 is 0 Å². The van der Waals surface area contributed by atoms with E-state index in [1.165, 1.54) is 30.3 Å². The molecule has 6 heteroatoms. The van der Waals surface area contributed by atoms with Crippen molar-refractivity contribution in [3.05, 3.63) is 24.0 Å². The van der Waals surface area contributed by atoms with Crippen molar-refractivity contribution >= 4 is 11.8 Å². The van der Waals surface area contributed by atoms with E-state index < -0.39 is 5.91 Å². The number of rotatable bonds is 5. The number of hydrogen-bond acceptors (Lipinski definition) is 4. The summed E-state index contributed by atoms with van der Waals surface area (Å²) in [6.45, 7) is 2.46. The Bertz CT molecular complexity index is 434. The van der Waals surface area contributed by atoms with Crippen LogP contribution in [-0.2, 0) is 4.79 Å². The van der Waals surface area contributed by atoms with Gasteiger partial charge in [-0.25, -0.2) is 4.98 Å². The highest BCUT2D eigenvalue weighted by atomic mass is 16.3. The first-order valence-electron chi connectivity index (χ1n) is 5.72. The van der Waals surface area contributed by atoms with E-state index in [9.17, 15) is 14.7 Å². The first-order valence-corrected chi connectivity index (χ1v) is 5.72. The van der Waals surface area contributed by atoms with E-state index in [1.54, 1.807) is 0 Å². The van der Waals surface area contributed by atoms with Crippen molar-refractivity contribution in [1.29, 1.82) is 0 Å². The number of carbonyl (C=O) groups excluding carboxylic acids is 2. The third kappa shape index (κ3) is 3.73. The summed E-state index contributed by atoms with van der Waals surface area (Å²) >= 11 is 0. The van der Waals surface area contributed by atoms with E-state index in [4.69, 9.17) is 0 Å². The Morgan fingerprint density at radius 2 is 2.22 bits per heavy atom. The molecule has 98 valence electrons. The van der Waals surface area contributed by atoms with Gasteiger partial charge < -0.3 is 15.3 Å². The third-order valence-electron chi connectivity index (χ3n) is 2.29. The van der Waals surface area contributed by atoms with Crippen molar-refractivity contribution in [2.75, 3.05) is 20.1 Å². The zero-order chi connectivity index (χ0) is 13.5. The molecule has 0 aliphatic heterocycles. The molecule has 0 aliphatic rings. The molecule has 0 saturated heterocycles. The van der Waals surface area contributed by atoms with Gasteiger partial charge in [0.2, 0.25) is 5.91 Å². The predicted molar refractivity (Wildman–Crippen MR) is 66.2 cm³/mol. The molecule has 0 fully saturated rings. The van der Waals surface area contributed by atoms with E-state index in [2.05, 4.69) is 10.3 Å². The minimum absolute atomic E-state index is 0.0525. The van der Waals surface area contributed by atoms with Gasteiger partial charge in [-0.2, -0.15) is 0 Å². The molecule has 0 radical (unpaired) electrons. The van der Waals surface area contributed by atoms with Crippen LogP contribution < -0.4 is 5.32 Å². The monoisotopic (exact) mass is 251 g/mol. The van der Waals surface area contributed by atoms with Crippen LogP contribution in [0.4, 0.5) is 0 Å². The third-order valence-corrected chi connectivity index (χ3v) is 2.29. The number of carbonyl (C=O) groups is 2. The lowest BCUT2D eigenvalue weighted by Gasteiger charge is -2.16.